The molecule has 0 spiro atoms. The summed E-state index contributed by atoms with van der Waals surface area (Å²) in [7, 11) is 0. The van der Waals surface area contributed by atoms with E-state index < -0.39 is 23.4 Å². The molecular formula is C18H26BrClF2N2O3. The van der Waals surface area contributed by atoms with Crippen LogP contribution in [0.1, 0.15) is 59.3 Å². The van der Waals surface area contributed by atoms with E-state index in [4.69, 9.17) is 21.8 Å². The fourth-order valence-corrected chi connectivity index (χ4v) is 2.74. The van der Waals surface area contributed by atoms with Gasteiger partial charge in [-0.15, -0.1) is 0 Å². The Labute approximate surface area is 171 Å². The number of alkyl halides is 2. The minimum absolute atomic E-state index is 0.171. The average molecular weight is 472 g/mol. The normalized spacial score (nSPS) is 11.2. The number of rotatable bonds is 2. The van der Waals surface area contributed by atoms with Gasteiger partial charge in [-0.2, -0.15) is 8.78 Å². The number of halogens is 4. The monoisotopic (exact) mass is 470 g/mol. The van der Waals surface area contributed by atoms with Crippen LogP contribution in [0, 0.1) is 6.92 Å². The molecule has 27 heavy (non-hydrogen) atoms. The van der Waals surface area contributed by atoms with E-state index in [0.29, 0.717) is 16.7 Å². The third-order valence-corrected chi connectivity index (χ3v) is 3.85. The zero-order valence-corrected chi connectivity index (χ0v) is 18.9. The molecular weight excluding hydrogens is 446 g/mol. The van der Waals surface area contributed by atoms with E-state index in [0.717, 1.165) is 0 Å². The summed E-state index contributed by atoms with van der Waals surface area (Å²) < 4.78 is 37.2. The lowest BCUT2D eigenvalue weighted by Gasteiger charge is -2.16. The number of carbonyl (C=O) groups is 1. The largest absolute Gasteiger partial charge is 0.451 e. The van der Waals surface area contributed by atoms with Crippen LogP contribution >= 0.6 is 27.5 Å². The number of aryl methyl sites for hydroxylation is 1. The van der Waals surface area contributed by atoms with Crippen molar-refractivity contribution >= 4 is 44.7 Å². The van der Waals surface area contributed by atoms with Gasteiger partial charge < -0.3 is 14.9 Å². The number of hydrogen-bond donors (Lipinski definition) is 1. The van der Waals surface area contributed by atoms with Crippen LogP contribution in [0.3, 0.4) is 0 Å². The summed E-state index contributed by atoms with van der Waals surface area (Å²) >= 11 is 8.89. The lowest BCUT2D eigenvalue weighted by atomic mass is 10.2. The predicted octanol–water partition coefficient (Wildman–Crippen LogP) is 6.96. The Kier molecular flexibility index (Phi) is 9.69. The number of pyridine rings is 1. The van der Waals surface area contributed by atoms with Crippen molar-refractivity contribution < 1.29 is 22.7 Å². The Balaban J connectivity index is 0.000000574. The molecule has 9 heteroatoms. The minimum Gasteiger partial charge on any atom is -0.451 e. The van der Waals surface area contributed by atoms with Crippen LogP contribution in [-0.4, -0.2) is 16.7 Å². The Morgan fingerprint density at radius 1 is 1.37 bits per heavy atom. The minimum atomic E-state index is -3.02. The zero-order valence-electron chi connectivity index (χ0n) is 16.5. The molecule has 2 aromatic rings. The molecule has 0 aliphatic carbocycles. The van der Waals surface area contributed by atoms with Crippen molar-refractivity contribution in [1.82, 2.24) is 4.98 Å². The first-order chi connectivity index (χ1) is 12.3. The van der Waals surface area contributed by atoms with Gasteiger partial charge >= 0.3 is 12.0 Å². The van der Waals surface area contributed by atoms with E-state index in [1.54, 1.807) is 33.8 Å². The maximum atomic E-state index is 13.6. The fraction of sp³-hybridized carbons (Fsp3) is 0.556. The molecule has 2 heterocycles. The molecule has 2 N–H and O–H groups in total. The van der Waals surface area contributed by atoms with Gasteiger partial charge in [0.1, 0.15) is 16.3 Å². The van der Waals surface area contributed by atoms with Crippen molar-refractivity contribution in [1.29, 1.82) is 0 Å². The second-order valence-electron chi connectivity index (χ2n) is 6.28. The van der Waals surface area contributed by atoms with E-state index in [9.17, 15) is 13.6 Å². The number of carbonyl (C=O) groups excluding carboxylic acids is 1. The molecule has 2 rings (SSSR count). The molecule has 0 radical (unpaired) electrons. The van der Waals surface area contributed by atoms with Gasteiger partial charge in [0.25, 0.3) is 0 Å². The van der Waals surface area contributed by atoms with Crippen molar-refractivity contribution in [2.24, 2.45) is 5.73 Å². The second kappa shape index (κ2) is 10.2. The molecule has 2 aromatic heterocycles. The van der Waals surface area contributed by atoms with Crippen LogP contribution < -0.4 is 5.73 Å². The third-order valence-electron chi connectivity index (χ3n) is 2.92. The number of primary amides is 1. The smallest absolute Gasteiger partial charge is 0.405 e. The van der Waals surface area contributed by atoms with E-state index in [1.165, 1.54) is 6.92 Å². The summed E-state index contributed by atoms with van der Waals surface area (Å²) in [5, 5.41) is 0.253. The highest BCUT2D eigenvalue weighted by Gasteiger charge is 2.37. The van der Waals surface area contributed by atoms with Gasteiger partial charge in [0.2, 0.25) is 0 Å². The van der Waals surface area contributed by atoms with Crippen LogP contribution in [0.15, 0.2) is 15.0 Å². The van der Waals surface area contributed by atoms with Crippen molar-refractivity contribution in [2.45, 2.75) is 66.4 Å². The zero-order chi connectivity index (χ0) is 21.6. The molecule has 0 aromatic carbocycles. The molecule has 0 aliphatic rings. The Morgan fingerprint density at radius 3 is 2.26 bits per heavy atom. The van der Waals surface area contributed by atoms with Crippen molar-refractivity contribution in [2.75, 3.05) is 0 Å². The van der Waals surface area contributed by atoms with Crippen LogP contribution in [-0.2, 0) is 10.7 Å². The molecule has 0 atom stereocenters. The highest BCUT2D eigenvalue weighted by atomic mass is 79.9. The highest BCUT2D eigenvalue weighted by molar-refractivity contribution is 9.10. The van der Waals surface area contributed by atoms with Gasteiger partial charge in [-0.3, -0.25) is 0 Å². The predicted molar refractivity (Wildman–Crippen MR) is 107 cm³/mol. The number of amides is 1. The van der Waals surface area contributed by atoms with Gasteiger partial charge in [0.15, 0.2) is 11.3 Å². The van der Waals surface area contributed by atoms with E-state index in [-0.39, 0.29) is 16.0 Å². The van der Waals surface area contributed by atoms with Gasteiger partial charge in [0.05, 0.1) is 4.47 Å². The summed E-state index contributed by atoms with van der Waals surface area (Å²) in [5.41, 5.74) is 5.61. The maximum absolute atomic E-state index is 13.6. The van der Waals surface area contributed by atoms with Crippen molar-refractivity contribution in [3.63, 3.8) is 0 Å². The Bertz CT molecular complexity index is 774. The van der Waals surface area contributed by atoms with Crippen LogP contribution in [0.4, 0.5) is 13.6 Å². The van der Waals surface area contributed by atoms with Crippen molar-refractivity contribution in [3.8, 4) is 0 Å². The van der Waals surface area contributed by atoms with Crippen LogP contribution in [0.5, 0.6) is 0 Å². The number of aromatic nitrogens is 1. The maximum Gasteiger partial charge on any atom is 0.405 e. The number of ether oxygens (including phenoxy) is 1. The molecule has 0 unspecified atom stereocenters. The summed E-state index contributed by atoms with van der Waals surface area (Å²) in [4.78, 5) is 14.0. The first-order valence-electron chi connectivity index (χ1n) is 8.40. The second-order valence-corrected chi connectivity index (χ2v) is 7.46. The molecule has 0 aliphatic heterocycles. The lowest BCUT2D eigenvalue weighted by Crippen LogP contribution is -2.27. The molecule has 0 saturated carbocycles. The molecule has 1 amide bonds. The van der Waals surface area contributed by atoms with Crippen molar-refractivity contribution in [3.05, 3.63) is 27.0 Å². The Morgan fingerprint density at radius 2 is 1.89 bits per heavy atom. The van der Waals surface area contributed by atoms with Gasteiger partial charge in [-0.1, -0.05) is 32.4 Å². The number of nitrogens with two attached hydrogens (primary N) is 1. The first-order valence-corrected chi connectivity index (χ1v) is 9.57. The molecule has 0 bridgehead atoms. The average Bonchev–Trinajstić information content (AvgIpc) is 2.86. The summed E-state index contributed by atoms with van der Waals surface area (Å²) in [6.45, 7) is 12.4. The topological polar surface area (TPSA) is 78.4 Å². The molecule has 5 nitrogen and oxygen atoms in total. The molecule has 0 fully saturated rings. The van der Waals surface area contributed by atoms with Gasteiger partial charge in [-0.05, 0) is 55.3 Å². The quantitative estimate of drug-likeness (QED) is 0.480. The fourth-order valence-electron chi connectivity index (χ4n) is 1.85. The number of furan rings is 1. The summed E-state index contributed by atoms with van der Waals surface area (Å²) in [5.74, 6) is -3.41. The standard InChI is InChI=1S/C11H9BrClF2NO.C5H11NO2.C2H6/c1-3-11(14,15)10-7(12)8-9(17-10)5(2)4-6(13)16-8;1-5(2,3)8-4(6)7;1-2/h4H,3H2,1-2H3;1-3H3,(H2,6,7);1-2H3. The number of nitrogens with zero attached hydrogens (tertiary/aromatic N) is 1. The molecule has 154 valence electrons. The summed E-state index contributed by atoms with van der Waals surface area (Å²) in [6.07, 6.45) is -1.06. The number of hydrogen-bond acceptors (Lipinski definition) is 4. The van der Waals surface area contributed by atoms with Crippen LogP contribution in [0.2, 0.25) is 5.15 Å². The SMILES string of the molecule is CC.CC(C)(C)OC(N)=O.CCC(F)(F)c1oc2c(C)cc(Cl)nc2c1Br. The first kappa shape index (κ1) is 25.6. The lowest BCUT2D eigenvalue weighted by molar-refractivity contribution is -0.0290. The van der Waals surface area contributed by atoms with Gasteiger partial charge in [0, 0.05) is 6.42 Å². The summed E-state index contributed by atoms with van der Waals surface area (Å²) in [6, 6.07) is 1.58. The third kappa shape index (κ3) is 7.62. The van der Waals surface area contributed by atoms with E-state index in [2.05, 4.69) is 25.7 Å². The van der Waals surface area contributed by atoms with Gasteiger partial charge in [-0.25, -0.2) is 9.78 Å². The van der Waals surface area contributed by atoms with E-state index >= 15 is 0 Å². The highest BCUT2D eigenvalue weighted by Crippen LogP contribution is 2.42. The van der Waals surface area contributed by atoms with Crippen LogP contribution in [0.25, 0.3) is 11.1 Å². The van der Waals surface area contributed by atoms with E-state index in [1.807, 2.05) is 13.8 Å². The number of fused-ring (bicyclic) bond motifs is 1. The molecule has 0 saturated heterocycles. The Hall–Kier alpha value is -1.41.